The molecule has 10 heteroatoms. The Kier molecular flexibility index (Phi) is 5.47. The van der Waals surface area contributed by atoms with Gasteiger partial charge in [-0.2, -0.15) is 9.61 Å². The zero-order chi connectivity index (χ0) is 22.1. The minimum Gasteiger partial charge on any atom is -0.461 e. The SMILES string of the molecule is CCOC(=O)c1cc(Nc2ccc3c(c2)n(CC[C@@H](C)O)c(=O)n3C)n2nccc2n1. The smallest absolute Gasteiger partial charge is 0.357 e. The number of aliphatic hydroxyl groups excluding tert-OH is 1. The van der Waals surface area contributed by atoms with Gasteiger partial charge in [-0.3, -0.25) is 9.13 Å². The van der Waals surface area contributed by atoms with E-state index in [1.165, 1.54) is 0 Å². The van der Waals surface area contributed by atoms with Gasteiger partial charge in [0, 0.05) is 31.4 Å². The van der Waals surface area contributed by atoms with Gasteiger partial charge in [0.2, 0.25) is 0 Å². The molecule has 1 atom stereocenters. The van der Waals surface area contributed by atoms with Gasteiger partial charge in [-0.25, -0.2) is 14.6 Å². The van der Waals surface area contributed by atoms with Crippen LogP contribution in [0, 0.1) is 0 Å². The number of imidazole rings is 1. The molecule has 162 valence electrons. The molecule has 0 spiro atoms. The van der Waals surface area contributed by atoms with Crippen molar-refractivity contribution in [2.45, 2.75) is 32.9 Å². The zero-order valence-electron chi connectivity index (χ0n) is 17.6. The second-order valence-electron chi connectivity index (χ2n) is 7.31. The number of hydrogen-bond donors (Lipinski definition) is 2. The number of nitrogens with zero attached hydrogens (tertiary/aromatic N) is 5. The van der Waals surface area contributed by atoms with Crippen molar-refractivity contribution in [2.24, 2.45) is 7.05 Å². The van der Waals surface area contributed by atoms with Gasteiger partial charge in [0.1, 0.15) is 5.82 Å². The number of benzene rings is 1. The highest BCUT2D eigenvalue weighted by atomic mass is 16.5. The molecule has 0 saturated carbocycles. The molecule has 0 aliphatic heterocycles. The predicted molar refractivity (Wildman–Crippen MR) is 116 cm³/mol. The van der Waals surface area contributed by atoms with Crippen LogP contribution in [0.15, 0.2) is 41.3 Å². The number of carbonyl (C=O) groups excluding carboxylic acids is 1. The third-order valence-corrected chi connectivity index (χ3v) is 5.03. The van der Waals surface area contributed by atoms with Crippen LogP contribution < -0.4 is 11.0 Å². The van der Waals surface area contributed by atoms with Crippen molar-refractivity contribution in [3.8, 4) is 0 Å². The Morgan fingerprint density at radius 3 is 2.81 bits per heavy atom. The Bertz CT molecular complexity index is 1320. The van der Waals surface area contributed by atoms with Crippen LogP contribution in [0.1, 0.15) is 30.8 Å². The van der Waals surface area contributed by atoms with Gasteiger partial charge in [0.25, 0.3) is 0 Å². The summed E-state index contributed by atoms with van der Waals surface area (Å²) in [6.07, 6.45) is 1.56. The van der Waals surface area contributed by atoms with Crippen molar-refractivity contribution in [3.05, 3.63) is 52.7 Å². The number of rotatable bonds is 7. The topological polar surface area (TPSA) is 116 Å². The molecule has 0 bridgehead atoms. The average Bonchev–Trinajstić information content (AvgIpc) is 3.30. The molecule has 0 unspecified atom stereocenters. The standard InChI is InChI=1S/C21H24N6O4/c1-4-31-20(29)15-12-19(27-18(24-15)7-9-22-27)23-14-5-6-16-17(11-14)26(10-8-13(2)28)21(30)25(16)3/h5-7,9,11-13,23,28H,4,8,10H2,1-3H3/t13-/m1/s1. The molecular weight excluding hydrogens is 400 g/mol. The molecule has 0 radical (unpaired) electrons. The third kappa shape index (κ3) is 3.89. The van der Waals surface area contributed by atoms with Crippen LogP contribution >= 0.6 is 0 Å². The van der Waals surface area contributed by atoms with Crippen molar-refractivity contribution in [1.82, 2.24) is 23.7 Å². The van der Waals surface area contributed by atoms with Gasteiger partial charge < -0.3 is 15.2 Å². The molecule has 31 heavy (non-hydrogen) atoms. The highest BCUT2D eigenvalue weighted by molar-refractivity contribution is 5.89. The summed E-state index contributed by atoms with van der Waals surface area (Å²) in [7, 11) is 1.72. The van der Waals surface area contributed by atoms with Crippen LogP contribution in [-0.4, -0.2) is 47.5 Å². The Morgan fingerprint density at radius 1 is 1.26 bits per heavy atom. The Hall–Kier alpha value is -3.66. The van der Waals surface area contributed by atoms with Crippen LogP contribution in [0.25, 0.3) is 16.7 Å². The number of ether oxygens (including phenoxy) is 1. The van der Waals surface area contributed by atoms with Crippen LogP contribution in [0.2, 0.25) is 0 Å². The Labute approximate surface area is 177 Å². The number of nitrogens with one attached hydrogen (secondary N) is 1. The van der Waals surface area contributed by atoms with Gasteiger partial charge >= 0.3 is 11.7 Å². The van der Waals surface area contributed by atoms with E-state index in [2.05, 4.69) is 15.4 Å². The van der Waals surface area contributed by atoms with E-state index in [0.717, 1.165) is 11.0 Å². The Morgan fingerprint density at radius 2 is 2.06 bits per heavy atom. The first-order valence-electron chi connectivity index (χ1n) is 10.0. The van der Waals surface area contributed by atoms with Crippen molar-refractivity contribution >= 4 is 34.2 Å². The minimum atomic E-state index is -0.514. The average molecular weight is 424 g/mol. The molecular formula is C21H24N6O4. The van der Waals surface area contributed by atoms with Crippen molar-refractivity contribution in [2.75, 3.05) is 11.9 Å². The van der Waals surface area contributed by atoms with Crippen LogP contribution in [0.5, 0.6) is 0 Å². The lowest BCUT2D eigenvalue weighted by molar-refractivity contribution is 0.0519. The number of anilines is 2. The number of hydrogen-bond acceptors (Lipinski definition) is 7. The summed E-state index contributed by atoms with van der Waals surface area (Å²) in [5.74, 6) is 0.0194. The van der Waals surface area contributed by atoms with E-state index in [4.69, 9.17) is 4.74 Å². The predicted octanol–water partition coefficient (Wildman–Crippen LogP) is 2.07. The highest BCUT2D eigenvalue weighted by Gasteiger charge is 2.16. The van der Waals surface area contributed by atoms with Gasteiger partial charge in [0.15, 0.2) is 11.3 Å². The molecule has 1 aromatic carbocycles. The van der Waals surface area contributed by atoms with Gasteiger partial charge in [-0.05, 0) is 38.5 Å². The van der Waals surface area contributed by atoms with Crippen LogP contribution in [0.3, 0.4) is 0 Å². The quantitative estimate of drug-likeness (QED) is 0.436. The normalized spacial score (nSPS) is 12.4. The van der Waals surface area contributed by atoms with E-state index < -0.39 is 12.1 Å². The van der Waals surface area contributed by atoms with E-state index in [9.17, 15) is 14.7 Å². The fourth-order valence-electron chi connectivity index (χ4n) is 3.48. The largest absolute Gasteiger partial charge is 0.461 e. The summed E-state index contributed by atoms with van der Waals surface area (Å²) in [4.78, 5) is 29.1. The lowest BCUT2D eigenvalue weighted by Crippen LogP contribution is -2.23. The van der Waals surface area contributed by atoms with E-state index in [0.29, 0.717) is 30.1 Å². The van der Waals surface area contributed by atoms with Crippen molar-refractivity contribution in [3.63, 3.8) is 0 Å². The number of aliphatic hydroxyl groups is 1. The van der Waals surface area contributed by atoms with Crippen LogP contribution in [-0.2, 0) is 18.3 Å². The molecule has 0 aliphatic carbocycles. The number of carbonyl (C=O) groups is 1. The summed E-state index contributed by atoms with van der Waals surface area (Å²) in [6.45, 7) is 4.09. The summed E-state index contributed by atoms with van der Waals surface area (Å²) >= 11 is 0. The molecule has 10 nitrogen and oxygen atoms in total. The van der Waals surface area contributed by atoms with Gasteiger partial charge in [-0.15, -0.1) is 0 Å². The molecule has 0 amide bonds. The number of aromatic nitrogens is 5. The second-order valence-corrected chi connectivity index (χ2v) is 7.31. The van der Waals surface area contributed by atoms with Gasteiger partial charge in [0.05, 0.1) is 29.9 Å². The molecule has 4 aromatic rings. The highest BCUT2D eigenvalue weighted by Crippen LogP contribution is 2.23. The lowest BCUT2D eigenvalue weighted by atomic mass is 10.2. The van der Waals surface area contributed by atoms with Crippen molar-refractivity contribution in [1.29, 1.82) is 0 Å². The maximum Gasteiger partial charge on any atom is 0.357 e. The first-order valence-corrected chi connectivity index (χ1v) is 10.0. The molecule has 3 heterocycles. The summed E-state index contributed by atoms with van der Waals surface area (Å²) in [5, 5.41) is 17.2. The number of esters is 1. The molecule has 0 aliphatic rings. The van der Waals surface area contributed by atoms with Crippen molar-refractivity contribution < 1.29 is 14.6 Å². The first kappa shape index (κ1) is 20.6. The summed E-state index contributed by atoms with van der Waals surface area (Å²) < 4.78 is 9.88. The first-order chi connectivity index (χ1) is 14.9. The fourth-order valence-corrected chi connectivity index (χ4v) is 3.48. The van der Waals surface area contributed by atoms with E-state index in [1.54, 1.807) is 52.9 Å². The monoisotopic (exact) mass is 424 g/mol. The summed E-state index contributed by atoms with van der Waals surface area (Å²) in [5.41, 5.74) is 2.77. The number of aryl methyl sites for hydroxylation is 2. The van der Waals surface area contributed by atoms with E-state index >= 15 is 0 Å². The Balaban J connectivity index is 1.76. The summed E-state index contributed by atoms with van der Waals surface area (Å²) in [6, 6.07) is 8.83. The second kappa shape index (κ2) is 8.23. The minimum absolute atomic E-state index is 0.143. The van der Waals surface area contributed by atoms with E-state index in [1.807, 2.05) is 18.2 Å². The molecule has 4 rings (SSSR count). The molecule has 0 saturated heterocycles. The maximum absolute atomic E-state index is 12.6. The molecule has 3 aromatic heterocycles. The molecule has 0 fully saturated rings. The fraction of sp³-hybridized carbons (Fsp3) is 0.333. The van der Waals surface area contributed by atoms with Gasteiger partial charge in [-0.1, -0.05) is 0 Å². The zero-order valence-corrected chi connectivity index (χ0v) is 17.6. The lowest BCUT2D eigenvalue weighted by Gasteiger charge is -2.11. The number of fused-ring (bicyclic) bond motifs is 2. The molecule has 2 N–H and O–H groups in total. The van der Waals surface area contributed by atoms with E-state index in [-0.39, 0.29) is 18.0 Å². The van der Waals surface area contributed by atoms with Crippen LogP contribution in [0.4, 0.5) is 11.5 Å². The maximum atomic E-state index is 12.6. The third-order valence-electron chi connectivity index (χ3n) is 5.03.